The van der Waals surface area contributed by atoms with Gasteiger partial charge >= 0.3 is 12.1 Å². The van der Waals surface area contributed by atoms with Gasteiger partial charge in [0.25, 0.3) is 0 Å². The number of benzene rings is 1. The number of pyridine rings is 2. The molecule has 0 spiro atoms. The van der Waals surface area contributed by atoms with E-state index in [4.69, 9.17) is 4.74 Å². The Bertz CT molecular complexity index is 1420. The maximum Gasteiger partial charge on any atom is 0.416 e. The first kappa shape index (κ1) is 31.7. The predicted molar refractivity (Wildman–Crippen MR) is 156 cm³/mol. The Morgan fingerprint density at radius 2 is 1.71 bits per heavy atom. The average molecular weight is 583 g/mol. The molecule has 1 amide bonds. The zero-order valence-corrected chi connectivity index (χ0v) is 24.9. The molecular formula is C30H38N4O6S. The number of hydrogen-bond donors (Lipinski definition) is 2. The molecule has 1 aromatic carbocycles. The lowest BCUT2D eigenvalue weighted by Gasteiger charge is -2.26. The van der Waals surface area contributed by atoms with Crippen molar-refractivity contribution >= 4 is 27.9 Å². The number of ether oxygens (including phenoxy) is 1. The molecule has 3 rings (SSSR count). The number of aliphatic carboxylic acids is 1. The fourth-order valence-corrected chi connectivity index (χ4v) is 5.54. The van der Waals surface area contributed by atoms with Crippen molar-refractivity contribution in [3.05, 3.63) is 83.8 Å². The number of hydrogen-bond acceptors (Lipinski definition) is 7. The van der Waals surface area contributed by atoms with Crippen LogP contribution in [0.15, 0.2) is 71.9 Å². The molecular weight excluding hydrogens is 544 g/mol. The van der Waals surface area contributed by atoms with Crippen LogP contribution in [0, 0.1) is 0 Å². The molecule has 1 unspecified atom stereocenters. The molecule has 3 aromatic rings. The number of anilines is 1. The molecule has 0 saturated carbocycles. The molecule has 11 heteroatoms. The molecule has 0 saturated heterocycles. The van der Waals surface area contributed by atoms with Crippen molar-refractivity contribution in [1.82, 2.24) is 14.7 Å². The van der Waals surface area contributed by atoms with E-state index in [9.17, 15) is 23.1 Å². The van der Waals surface area contributed by atoms with Crippen molar-refractivity contribution < 1.29 is 27.9 Å². The molecule has 0 fully saturated rings. The van der Waals surface area contributed by atoms with Gasteiger partial charge in [-0.15, -0.1) is 0 Å². The molecule has 41 heavy (non-hydrogen) atoms. The lowest BCUT2D eigenvalue weighted by atomic mass is 9.92. The van der Waals surface area contributed by atoms with Crippen LogP contribution in [-0.2, 0) is 26.0 Å². The predicted octanol–water partition coefficient (Wildman–Crippen LogP) is 5.47. The summed E-state index contributed by atoms with van der Waals surface area (Å²) in [5.74, 6) is -0.793. The van der Waals surface area contributed by atoms with E-state index < -0.39 is 40.3 Å². The monoisotopic (exact) mass is 582 g/mol. The number of carboxylic acids is 1. The van der Waals surface area contributed by atoms with Crippen molar-refractivity contribution in [2.24, 2.45) is 0 Å². The lowest BCUT2D eigenvalue weighted by molar-refractivity contribution is -0.135. The molecule has 0 aliphatic carbocycles. The van der Waals surface area contributed by atoms with Gasteiger partial charge in [0.15, 0.2) is 0 Å². The van der Waals surface area contributed by atoms with E-state index in [1.807, 2.05) is 12.1 Å². The summed E-state index contributed by atoms with van der Waals surface area (Å²) in [6, 6.07) is 14.9. The molecule has 0 aliphatic rings. The van der Waals surface area contributed by atoms with Gasteiger partial charge in [0, 0.05) is 12.4 Å². The van der Waals surface area contributed by atoms with Crippen LogP contribution < -0.4 is 9.62 Å². The first-order chi connectivity index (χ1) is 19.3. The van der Waals surface area contributed by atoms with Gasteiger partial charge in [0.1, 0.15) is 22.9 Å². The van der Waals surface area contributed by atoms with Crippen molar-refractivity contribution in [1.29, 1.82) is 0 Å². The minimum atomic E-state index is -4.00. The second kappa shape index (κ2) is 13.7. The van der Waals surface area contributed by atoms with Crippen LogP contribution >= 0.6 is 0 Å². The second-order valence-electron chi connectivity index (χ2n) is 10.7. The van der Waals surface area contributed by atoms with Gasteiger partial charge in [-0.1, -0.05) is 44.2 Å². The first-order valence-corrected chi connectivity index (χ1v) is 15.0. The van der Waals surface area contributed by atoms with Gasteiger partial charge in [-0.2, -0.15) is 0 Å². The Morgan fingerprint density at radius 3 is 2.27 bits per heavy atom. The minimum absolute atomic E-state index is 0.00788. The Morgan fingerprint density at radius 1 is 1.02 bits per heavy atom. The van der Waals surface area contributed by atoms with Crippen molar-refractivity contribution in [2.75, 3.05) is 11.4 Å². The van der Waals surface area contributed by atoms with Crippen molar-refractivity contribution in [2.45, 2.75) is 76.3 Å². The van der Waals surface area contributed by atoms with Gasteiger partial charge in [-0.3, -0.25) is 14.7 Å². The van der Waals surface area contributed by atoms with E-state index in [0.717, 1.165) is 23.3 Å². The molecule has 2 heterocycles. The largest absolute Gasteiger partial charge is 0.480 e. The topological polar surface area (TPSA) is 139 Å². The van der Waals surface area contributed by atoms with E-state index >= 15 is 0 Å². The van der Waals surface area contributed by atoms with Crippen molar-refractivity contribution in [3.63, 3.8) is 0 Å². The number of carbonyl (C=O) groups is 2. The van der Waals surface area contributed by atoms with Gasteiger partial charge in [0.2, 0.25) is 10.0 Å². The summed E-state index contributed by atoms with van der Waals surface area (Å²) in [7, 11) is -4.00. The summed E-state index contributed by atoms with van der Waals surface area (Å²) < 4.78 is 34.8. The van der Waals surface area contributed by atoms with E-state index in [0.29, 0.717) is 11.6 Å². The minimum Gasteiger partial charge on any atom is -0.480 e. The summed E-state index contributed by atoms with van der Waals surface area (Å²) in [6.45, 7) is 8.63. The highest BCUT2D eigenvalue weighted by Crippen LogP contribution is 2.27. The van der Waals surface area contributed by atoms with Gasteiger partial charge < -0.3 is 9.84 Å². The normalized spacial score (nSPS) is 12.6. The Kier molecular flexibility index (Phi) is 10.6. The molecule has 2 N–H and O–H groups in total. The van der Waals surface area contributed by atoms with E-state index in [-0.39, 0.29) is 17.1 Å². The molecule has 2 aromatic heterocycles. The number of amides is 1. The number of nitrogens with one attached hydrogen (secondary N) is 1. The summed E-state index contributed by atoms with van der Waals surface area (Å²) in [5, 5.41) is 9.47. The van der Waals surface area contributed by atoms with E-state index in [1.54, 1.807) is 32.9 Å². The number of sulfonamides is 1. The summed E-state index contributed by atoms with van der Waals surface area (Å²) >= 11 is 0. The third-order valence-corrected chi connectivity index (χ3v) is 7.87. The van der Waals surface area contributed by atoms with Gasteiger partial charge in [-0.05, 0) is 81.3 Å². The quantitative estimate of drug-likeness (QED) is 0.287. The number of aromatic nitrogens is 2. The maximum absolute atomic E-state index is 13.3. The summed E-state index contributed by atoms with van der Waals surface area (Å²) in [5.41, 5.74) is 1.53. The van der Waals surface area contributed by atoms with Crippen molar-refractivity contribution in [3.8, 4) is 0 Å². The van der Waals surface area contributed by atoms with Crippen LogP contribution in [0.1, 0.15) is 76.2 Å². The standard InChI is InChI=1S/C30H38N4O6S/c1-6-22(7-2)23-15-13-21(14-16-23)18-26(33-41(38,39)24-10-9-17-31-19-24)25-11-8-12-27(32-25)34(20-28(35)36)29(37)40-30(3,4)5/h8-17,19,22,26,33H,6-7,18,20H2,1-5H3,(H,35,36). The number of rotatable bonds is 12. The highest BCUT2D eigenvalue weighted by Gasteiger charge is 2.28. The fourth-order valence-electron chi connectivity index (χ4n) is 4.36. The molecule has 1 atom stereocenters. The second-order valence-corrected chi connectivity index (χ2v) is 12.4. The SMILES string of the molecule is CCC(CC)c1ccc(CC(NS(=O)(=O)c2cccnc2)c2cccc(N(CC(=O)O)C(=O)OC(C)(C)C)n2)cc1. The number of carboxylic acid groups (broad SMARTS) is 1. The highest BCUT2D eigenvalue weighted by molar-refractivity contribution is 7.89. The molecule has 220 valence electrons. The van der Waals surface area contributed by atoms with Crippen LogP contribution in [0.5, 0.6) is 0 Å². The van der Waals surface area contributed by atoms with Crippen LogP contribution in [0.4, 0.5) is 10.6 Å². The third kappa shape index (κ3) is 9.09. The lowest BCUT2D eigenvalue weighted by Crippen LogP contribution is -2.40. The maximum atomic E-state index is 13.3. The molecule has 0 aliphatic heterocycles. The smallest absolute Gasteiger partial charge is 0.416 e. The first-order valence-electron chi connectivity index (χ1n) is 13.5. The fraction of sp³-hybridized carbons (Fsp3) is 0.400. The number of carbonyl (C=O) groups excluding carboxylic acids is 1. The zero-order chi connectivity index (χ0) is 30.2. The van der Waals surface area contributed by atoms with E-state index in [1.165, 1.54) is 36.2 Å². The zero-order valence-electron chi connectivity index (χ0n) is 24.1. The Hall–Kier alpha value is -3.83. The van der Waals surface area contributed by atoms with Gasteiger partial charge in [0.05, 0.1) is 11.7 Å². The molecule has 10 nitrogen and oxygen atoms in total. The highest BCUT2D eigenvalue weighted by atomic mass is 32.2. The van der Waals surface area contributed by atoms with Crippen LogP contribution in [0.3, 0.4) is 0 Å². The van der Waals surface area contributed by atoms with Crippen LogP contribution in [-0.4, -0.2) is 47.7 Å². The summed E-state index contributed by atoms with van der Waals surface area (Å²) in [4.78, 5) is 33.9. The van der Waals surface area contributed by atoms with Crippen LogP contribution in [0.2, 0.25) is 0 Å². The number of nitrogens with zero attached hydrogens (tertiary/aromatic N) is 3. The van der Waals surface area contributed by atoms with Crippen LogP contribution in [0.25, 0.3) is 0 Å². The average Bonchev–Trinajstić information content (AvgIpc) is 2.92. The van der Waals surface area contributed by atoms with E-state index in [2.05, 4.69) is 40.7 Å². The molecule has 0 bridgehead atoms. The molecule has 0 radical (unpaired) electrons. The van der Waals surface area contributed by atoms with Gasteiger partial charge in [-0.25, -0.2) is 22.9 Å². The Labute approximate surface area is 241 Å². The summed E-state index contributed by atoms with van der Waals surface area (Å²) in [6.07, 6.45) is 4.15. The third-order valence-electron chi connectivity index (χ3n) is 6.42. The Balaban J connectivity index is 2.02.